The molecule has 5 heteroatoms. The maximum Gasteiger partial charge on any atom is 0.232 e. The molecule has 0 fully saturated rings. The highest BCUT2D eigenvalue weighted by atomic mass is 16.5. The lowest BCUT2D eigenvalue weighted by Crippen LogP contribution is -2.40. The fourth-order valence-corrected chi connectivity index (χ4v) is 4.00. The van der Waals surface area contributed by atoms with E-state index in [0.29, 0.717) is 12.5 Å². The highest BCUT2D eigenvalue weighted by Crippen LogP contribution is 2.27. The summed E-state index contributed by atoms with van der Waals surface area (Å²) in [4.78, 5) is 12.5. The van der Waals surface area contributed by atoms with Crippen LogP contribution in [0.4, 0.5) is 0 Å². The van der Waals surface area contributed by atoms with Crippen molar-refractivity contribution in [3.63, 3.8) is 0 Å². The van der Waals surface area contributed by atoms with E-state index in [9.17, 15) is 0 Å². The molecule has 5 nitrogen and oxygen atoms in total. The minimum Gasteiger partial charge on any atom is -0.475 e. The Balaban J connectivity index is 1.32. The molecule has 1 aliphatic rings. The van der Waals surface area contributed by atoms with Crippen LogP contribution in [-0.2, 0) is 13.0 Å². The summed E-state index contributed by atoms with van der Waals surface area (Å²) in [6.07, 6.45) is 4.44. The van der Waals surface area contributed by atoms with Gasteiger partial charge >= 0.3 is 0 Å². The summed E-state index contributed by atoms with van der Waals surface area (Å²) in [5.41, 5.74) is 8.24. The Hall–Kier alpha value is -3.18. The molecule has 146 valence electrons. The number of nitrogens with zero attached hydrogens (tertiary/aromatic N) is 2. The number of aryl methyl sites for hydroxylation is 2. The van der Waals surface area contributed by atoms with Gasteiger partial charge in [-0.1, -0.05) is 30.3 Å². The molecule has 3 heterocycles. The van der Waals surface area contributed by atoms with Gasteiger partial charge in [-0.15, -0.1) is 0 Å². The van der Waals surface area contributed by atoms with Gasteiger partial charge in [-0.2, -0.15) is 0 Å². The first-order valence-corrected chi connectivity index (χ1v) is 10.0. The Bertz CT molecular complexity index is 1180. The van der Waals surface area contributed by atoms with Gasteiger partial charge in [0, 0.05) is 34.7 Å². The van der Waals surface area contributed by atoms with Crippen LogP contribution in [0.3, 0.4) is 0 Å². The number of hydrogen-bond acceptors (Lipinski definition) is 4. The molecular formula is C24H24N4O. The molecule has 0 bridgehead atoms. The first kappa shape index (κ1) is 17.9. The lowest BCUT2D eigenvalue weighted by Gasteiger charge is -2.25. The largest absolute Gasteiger partial charge is 0.475 e. The first-order chi connectivity index (χ1) is 14.2. The molecular weight excluding hydrogens is 360 g/mol. The molecule has 29 heavy (non-hydrogen) atoms. The van der Waals surface area contributed by atoms with E-state index >= 15 is 0 Å². The van der Waals surface area contributed by atoms with Gasteiger partial charge in [0.05, 0.1) is 18.1 Å². The smallest absolute Gasteiger partial charge is 0.232 e. The summed E-state index contributed by atoms with van der Waals surface area (Å²) in [6.45, 7) is 5.69. The molecule has 2 aromatic heterocycles. The van der Waals surface area contributed by atoms with Crippen molar-refractivity contribution in [2.24, 2.45) is 0 Å². The number of rotatable bonds is 4. The van der Waals surface area contributed by atoms with Gasteiger partial charge in [0.2, 0.25) is 5.88 Å². The van der Waals surface area contributed by atoms with Crippen LogP contribution in [0.15, 0.2) is 54.9 Å². The molecule has 2 aromatic carbocycles. The zero-order valence-electron chi connectivity index (χ0n) is 16.7. The minimum atomic E-state index is 0.275. The number of aromatic nitrogens is 3. The molecule has 4 aromatic rings. The van der Waals surface area contributed by atoms with Crippen molar-refractivity contribution in [2.45, 2.75) is 32.9 Å². The van der Waals surface area contributed by atoms with Gasteiger partial charge in [-0.3, -0.25) is 4.98 Å². The lowest BCUT2D eigenvalue weighted by molar-refractivity contribution is 0.247. The summed E-state index contributed by atoms with van der Waals surface area (Å²) in [5.74, 6) is 0.560. The molecule has 2 N–H and O–H groups in total. The van der Waals surface area contributed by atoms with Gasteiger partial charge in [0.15, 0.2) is 0 Å². The molecule has 1 aliphatic heterocycles. The Morgan fingerprint density at radius 3 is 2.83 bits per heavy atom. The van der Waals surface area contributed by atoms with E-state index < -0.39 is 0 Å². The van der Waals surface area contributed by atoms with Crippen LogP contribution in [-0.4, -0.2) is 27.6 Å². The normalized spacial score (nSPS) is 16.0. The van der Waals surface area contributed by atoms with Gasteiger partial charge in [0.25, 0.3) is 0 Å². The predicted molar refractivity (Wildman–Crippen MR) is 115 cm³/mol. The van der Waals surface area contributed by atoms with E-state index in [-0.39, 0.29) is 6.04 Å². The van der Waals surface area contributed by atoms with E-state index in [1.807, 2.05) is 0 Å². The molecule has 0 saturated carbocycles. The molecule has 1 atom stereocenters. The summed E-state index contributed by atoms with van der Waals surface area (Å²) in [5, 5.41) is 4.76. The Morgan fingerprint density at radius 2 is 1.93 bits per heavy atom. The number of fused-ring (bicyclic) bond motifs is 2. The Kier molecular flexibility index (Phi) is 4.52. The monoisotopic (exact) mass is 384 g/mol. The molecule has 0 spiro atoms. The molecule has 0 amide bonds. The van der Waals surface area contributed by atoms with Gasteiger partial charge in [-0.05, 0) is 49.1 Å². The second-order valence-electron chi connectivity index (χ2n) is 7.74. The fraction of sp³-hybridized carbons (Fsp3) is 0.250. The van der Waals surface area contributed by atoms with E-state index in [4.69, 9.17) is 9.72 Å². The van der Waals surface area contributed by atoms with Crippen molar-refractivity contribution in [1.82, 2.24) is 20.3 Å². The van der Waals surface area contributed by atoms with E-state index in [2.05, 4.69) is 71.6 Å². The van der Waals surface area contributed by atoms with Crippen molar-refractivity contribution in [3.8, 4) is 17.1 Å². The van der Waals surface area contributed by atoms with Crippen LogP contribution < -0.4 is 10.1 Å². The van der Waals surface area contributed by atoms with Gasteiger partial charge in [-0.25, -0.2) is 4.98 Å². The molecule has 0 unspecified atom stereocenters. The van der Waals surface area contributed by atoms with Crippen LogP contribution in [0.5, 0.6) is 5.88 Å². The first-order valence-electron chi connectivity index (χ1n) is 10.0. The zero-order chi connectivity index (χ0) is 19.8. The van der Waals surface area contributed by atoms with Gasteiger partial charge in [0.1, 0.15) is 6.61 Å². The Labute approximate surface area is 170 Å². The van der Waals surface area contributed by atoms with Crippen LogP contribution in [0, 0.1) is 13.8 Å². The summed E-state index contributed by atoms with van der Waals surface area (Å²) in [7, 11) is 0. The maximum absolute atomic E-state index is 6.00. The van der Waals surface area contributed by atoms with Gasteiger partial charge < -0.3 is 15.0 Å². The predicted octanol–water partition coefficient (Wildman–Crippen LogP) is 4.34. The molecule has 0 radical (unpaired) electrons. The molecule has 0 aliphatic carbocycles. The summed E-state index contributed by atoms with van der Waals surface area (Å²) >= 11 is 0. The second-order valence-corrected chi connectivity index (χ2v) is 7.74. The lowest BCUT2D eigenvalue weighted by atomic mass is 9.96. The topological polar surface area (TPSA) is 62.8 Å². The summed E-state index contributed by atoms with van der Waals surface area (Å²) < 4.78 is 6.00. The van der Waals surface area contributed by atoms with Crippen LogP contribution in [0.2, 0.25) is 0 Å². The highest BCUT2D eigenvalue weighted by Gasteiger charge is 2.18. The third-order valence-electron chi connectivity index (χ3n) is 5.81. The third kappa shape index (κ3) is 3.49. The van der Waals surface area contributed by atoms with Crippen molar-refractivity contribution < 1.29 is 4.74 Å². The second kappa shape index (κ2) is 7.33. The van der Waals surface area contributed by atoms with Crippen LogP contribution in [0.1, 0.15) is 22.4 Å². The van der Waals surface area contributed by atoms with E-state index in [1.165, 1.54) is 27.8 Å². The van der Waals surface area contributed by atoms with Crippen molar-refractivity contribution in [1.29, 1.82) is 0 Å². The minimum absolute atomic E-state index is 0.275. The standard InChI is InChI=1S/C24H24N4O/c1-15-16(2)27-22-8-7-18(10-21(15)22)23-12-25-13-24(28-23)29-14-20-9-17-5-3-4-6-19(17)11-26-20/h3-8,10,12-13,20,26-27H,9,11,14H2,1-2H3/t20-/m0/s1. The van der Waals surface area contributed by atoms with Crippen LogP contribution >= 0.6 is 0 Å². The number of ether oxygens (including phenoxy) is 1. The van der Waals surface area contributed by atoms with Crippen molar-refractivity contribution in [2.75, 3.05) is 6.61 Å². The average molecular weight is 384 g/mol. The number of aromatic amines is 1. The van der Waals surface area contributed by atoms with E-state index in [0.717, 1.165) is 29.7 Å². The fourth-order valence-electron chi connectivity index (χ4n) is 4.00. The quantitative estimate of drug-likeness (QED) is 0.550. The van der Waals surface area contributed by atoms with Crippen LogP contribution in [0.25, 0.3) is 22.2 Å². The number of hydrogen-bond donors (Lipinski definition) is 2. The molecule has 0 saturated heterocycles. The number of H-pyrrole nitrogens is 1. The van der Waals surface area contributed by atoms with E-state index in [1.54, 1.807) is 12.4 Å². The maximum atomic E-state index is 6.00. The van der Waals surface area contributed by atoms with Crippen molar-refractivity contribution in [3.05, 3.63) is 77.2 Å². The highest BCUT2D eigenvalue weighted by molar-refractivity contribution is 5.88. The van der Waals surface area contributed by atoms with Crippen molar-refractivity contribution >= 4 is 10.9 Å². The zero-order valence-corrected chi connectivity index (χ0v) is 16.7. The molecule has 5 rings (SSSR count). The Morgan fingerprint density at radius 1 is 1.07 bits per heavy atom. The number of benzene rings is 2. The number of nitrogens with one attached hydrogen (secondary N) is 2. The summed E-state index contributed by atoms with van der Waals surface area (Å²) in [6, 6.07) is 15.2. The SMILES string of the molecule is Cc1[nH]c2ccc(-c3cncc(OC[C@@H]4Cc5ccccc5CN4)n3)cc2c1C. The average Bonchev–Trinajstić information content (AvgIpc) is 3.05. The third-order valence-corrected chi connectivity index (χ3v) is 5.81.